The Hall–Kier alpha value is -0.870. The minimum absolute atomic E-state index is 0.255. The van der Waals surface area contributed by atoms with Gasteiger partial charge in [-0.2, -0.15) is 0 Å². The Bertz CT molecular complexity index is 565. The minimum Gasteiger partial charge on any atom is -0.446 e. The van der Waals surface area contributed by atoms with Crippen LogP contribution in [0.25, 0.3) is 0 Å². The molecule has 0 aromatic heterocycles. The van der Waals surface area contributed by atoms with Crippen LogP contribution in [0.1, 0.15) is 64.3 Å². The average Bonchev–Trinajstić information content (AvgIpc) is 2.57. The van der Waals surface area contributed by atoms with Crippen LogP contribution >= 0.6 is 19.1 Å². The first kappa shape index (κ1) is 22.2. The second-order valence-electron chi connectivity index (χ2n) is 5.85. The monoisotopic (exact) mass is 389 g/mol. The van der Waals surface area contributed by atoms with E-state index in [9.17, 15) is 9.36 Å². The predicted molar refractivity (Wildman–Crippen MR) is 102 cm³/mol. The molecule has 0 bridgehead atoms. The Kier molecular flexibility index (Phi) is 10.4. The first-order valence-electron chi connectivity index (χ1n) is 8.85. The Balaban J connectivity index is 2.88. The van der Waals surface area contributed by atoms with Crippen LogP contribution in [-0.4, -0.2) is 19.1 Å². The number of carbonyl (C=O) groups is 1. The topological polar surface area (TPSA) is 64.6 Å². The number of hydrogen-bond acceptors (Lipinski definition) is 4. The van der Waals surface area contributed by atoms with E-state index in [-0.39, 0.29) is 6.61 Å². The fourth-order valence-electron chi connectivity index (χ4n) is 2.47. The van der Waals surface area contributed by atoms with E-state index in [2.05, 4.69) is 12.0 Å². The molecule has 0 heterocycles. The van der Waals surface area contributed by atoms with Gasteiger partial charge in [-0.15, -0.1) is 0 Å². The van der Waals surface area contributed by atoms with Crippen LogP contribution < -0.4 is 5.09 Å². The maximum atomic E-state index is 13.4. The van der Waals surface area contributed by atoms with Gasteiger partial charge < -0.3 is 9.26 Å². The molecule has 5 nitrogen and oxygen atoms in total. The van der Waals surface area contributed by atoms with Gasteiger partial charge in [0, 0.05) is 24.1 Å². The van der Waals surface area contributed by atoms with Crippen molar-refractivity contribution < 1.29 is 18.6 Å². The quantitative estimate of drug-likeness (QED) is 0.282. The van der Waals surface area contributed by atoms with Crippen LogP contribution in [0.4, 0.5) is 0 Å². The van der Waals surface area contributed by atoms with Crippen LogP contribution in [0.15, 0.2) is 24.3 Å². The molecule has 0 radical (unpaired) electrons. The summed E-state index contributed by atoms with van der Waals surface area (Å²) in [6.07, 6.45) is 5.48. The number of rotatable bonds is 12. The smallest absolute Gasteiger partial charge is 0.314 e. The summed E-state index contributed by atoms with van der Waals surface area (Å²) in [5.41, 5.74) is 0.592. The lowest BCUT2D eigenvalue weighted by molar-refractivity contribution is -0.143. The summed E-state index contributed by atoms with van der Waals surface area (Å²) in [4.78, 5) is 11.5. The molecule has 0 aliphatic carbocycles. The number of carbonyl (C=O) groups excluding carboxylic acids is 1. The molecule has 25 heavy (non-hydrogen) atoms. The highest BCUT2D eigenvalue weighted by Crippen LogP contribution is 2.57. The van der Waals surface area contributed by atoms with Crippen LogP contribution in [0.2, 0.25) is 5.02 Å². The molecular formula is C18H29ClNO4P. The molecule has 0 saturated heterocycles. The molecule has 1 N–H and O–H groups in total. The molecule has 0 saturated carbocycles. The maximum Gasteiger partial charge on any atom is 0.314 e. The summed E-state index contributed by atoms with van der Waals surface area (Å²) in [6, 6.07) is 6.75. The van der Waals surface area contributed by atoms with Gasteiger partial charge in [0.25, 0.3) is 0 Å². The highest BCUT2D eigenvalue weighted by Gasteiger charge is 2.38. The van der Waals surface area contributed by atoms with E-state index >= 15 is 0 Å². The molecule has 2 atom stereocenters. The Labute approximate surface area is 155 Å². The van der Waals surface area contributed by atoms with E-state index in [0.29, 0.717) is 17.1 Å². The predicted octanol–water partition coefficient (Wildman–Crippen LogP) is 5.69. The number of halogens is 1. The number of ether oxygens (including phenoxy) is 1. The summed E-state index contributed by atoms with van der Waals surface area (Å²) in [6.45, 7) is 6.03. The lowest BCUT2D eigenvalue weighted by Crippen LogP contribution is -2.22. The first-order valence-corrected chi connectivity index (χ1v) is 10.9. The van der Waals surface area contributed by atoms with Crippen LogP contribution in [-0.2, 0) is 18.6 Å². The molecule has 0 fully saturated rings. The van der Waals surface area contributed by atoms with E-state index in [1.807, 2.05) is 0 Å². The van der Waals surface area contributed by atoms with Gasteiger partial charge in [0.1, 0.15) is 0 Å². The molecule has 1 aromatic rings. The molecule has 7 heteroatoms. The number of hydrogen-bond donors (Lipinski definition) is 1. The SMILES string of the molecule is CCCCCCCNP(=O)(OCC)C(OC(C)=O)c1ccc(Cl)cc1. The highest BCUT2D eigenvalue weighted by molar-refractivity contribution is 7.57. The van der Waals surface area contributed by atoms with Crippen molar-refractivity contribution in [2.24, 2.45) is 0 Å². The van der Waals surface area contributed by atoms with Crippen molar-refractivity contribution >= 4 is 25.1 Å². The largest absolute Gasteiger partial charge is 0.446 e. The van der Waals surface area contributed by atoms with E-state index in [4.69, 9.17) is 20.9 Å². The normalized spacial score (nSPS) is 14.7. The van der Waals surface area contributed by atoms with Crippen molar-refractivity contribution in [3.63, 3.8) is 0 Å². The number of esters is 1. The zero-order chi connectivity index (χ0) is 18.7. The molecule has 0 spiro atoms. The van der Waals surface area contributed by atoms with Gasteiger partial charge in [0.2, 0.25) is 5.85 Å². The Morgan fingerprint density at radius 3 is 2.36 bits per heavy atom. The molecule has 1 rings (SSSR count). The summed E-state index contributed by atoms with van der Waals surface area (Å²) in [7, 11) is -3.41. The molecule has 2 unspecified atom stereocenters. The minimum atomic E-state index is -3.41. The average molecular weight is 390 g/mol. The van der Waals surface area contributed by atoms with Crippen molar-refractivity contribution in [1.29, 1.82) is 0 Å². The van der Waals surface area contributed by atoms with Crippen LogP contribution in [0, 0.1) is 0 Å². The van der Waals surface area contributed by atoms with Crippen molar-refractivity contribution in [3.8, 4) is 0 Å². The third-order valence-corrected chi connectivity index (χ3v) is 6.25. The molecule has 0 aliphatic rings. The number of benzene rings is 1. The third-order valence-electron chi connectivity index (χ3n) is 3.67. The van der Waals surface area contributed by atoms with E-state index < -0.39 is 19.3 Å². The number of nitrogens with one attached hydrogen (secondary N) is 1. The van der Waals surface area contributed by atoms with Gasteiger partial charge in [-0.3, -0.25) is 9.36 Å². The summed E-state index contributed by atoms with van der Waals surface area (Å²) in [5, 5.41) is 3.57. The van der Waals surface area contributed by atoms with Crippen molar-refractivity contribution in [2.75, 3.05) is 13.2 Å². The second kappa shape index (κ2) is 11.7. The zero-order valence-electron chi connectivity index (χ0n) is 15.3. The second-order valence-corrected chi connectivity index (χ2v) is 8.52. The van der Waals surface area contributed by atoms with E-state index in [1.54, 1.807) is 31.2 Å². The molecule has 1 aromatic carbocycles. The van der Waals surface area contributed by atoms with Gasteiger partial charge in [-0.25, -0.2) is 5.09 Å². The maximum absolute atomic E-state index is 13.4. The van der Waals surface area contributed by atoms with Crippen molar-refractivity contribution in [2.45, 2.75) is 58.7 Å². The van der Waals surface area contributed by atoms with Gasteiger partial charge in [-0.05, 0) is 25.5 Å². The summed E-state index contributed by atoms with van der Waals surface area (Å²) < 4.78 is 24.3. The van der Waals surface area contributed by atoms with Crippen molar-refractivity contribution in [1.82, 2.24) is 5.09 Å². The van der Waals surface area contributed by atoms with Crippen LogP contribution in [0.3, 0.4) is 0 Å². The Morgan fingerprint density at radius 1 is 1.16 bits per heavy atom. The third kappa shape index (κ3) is 7.91. The van der Waals surface area contributed by atoms with Crippen LogP contribution in [0.5, 0.6) is 0 Å². The van der Waals surface area contributed by atoms with E-state index in [1.165, 1.54) is 19.8 Å². The lowest BCUT2D eigenvalue weighted by Gasteiger charge is -2.27. The summed E-state index contributed by atoms with van der Waals surface area (Å²) >= 11 is 5.92. The fourth-order valence-corrected chi connectivity index (χ4v) is 4.69. The summed E-state index contributed by atoms with van der Waals surface area (Å²) in [5.74, 6) is -1.50. The fraction of sp³-hybridized carbons (Fsp3) is 0.611. The van der Waals surface area contributed by atoms with Gasteiger partial charge in [-0.1, -0.05) is 56.3 Å². The highest BCUT2D eigenvalue weighted by atomic mass is 35.5. The molecule has 142 valence electrons. The molecule has 0 aliphatic heterocycles. The molecule has 0 amide bonds. The van der Waals surface area contributed by atoms with Gasteiger partial charge >= 0.3 is 13.5 Å². The van der Waals surface area contributed by atoms with Crippen molar-refractivity contribution in [3.05, 3.63) is 34.9 Å². The van der Waals surface area contributed by atoms with E-state index in [0.717, 1.165) is 19.3 Å². The van der Waals surface area contributed by atoms with Gasteiger partial charge in [0.15, 0.2) is 0 Å². The Morgan fingerprint density at radius 2 is 1.80 bits per heavy atom. The lowest BCUT2D eigenvalue weighted by atomic mass is 10.2. The molecular weight excluding hydrogens is 361 g/mol. The first-order chi connectivity index (χ1) is 11.9. The standard InChI is InChI=1S/C18H29ClNO4P/c1-4-6-7-8-9-14-20-25(22,23-5-2)18(24-15(3)21)16-10-12-17(19)13-11-16/h10-13,18H,4-9,14H2,1-3H3,(H,20,22). The van der Waals surface area contributed by atoms with Gasteiger partial charge in [0.05, 0.1) is 6.61 Å². The zero-order valence-corrected chi connectivity index (χ0v) is 16.9. The number of unbranched alkanes of at least 4 members (excludes halogenated alkanes) is 4.